The first-order valence-electron chi connectivity index (χ1n) is 6.21. The number of alkyl halides is 3. The lowest BCUT2D eigenvalue weighted by Crippen LogP contribution is -2.45. The topological polar surface area (TPSA) is 60.8 Å². The standard InChI is InChI=1S/C13H13F4NO3/c14-10-2-1-8(13(15,16)17)7-9(10)12(21)3-5-18(6-4-12)11(19)20/h1-2,7,21H,3-6H2,(H,19,20). The monoisotopic (exact) mass is 307 g/mol. The molecule has 21 heavy (non-hydrogen) atoms. The van der Waals surface area contributed by atoms with Crippen LogP contribution in [0.15, 0.2) is 18.2 Å². The van der Waals surface area contributed by atoms with Gasteiger partial charge in [-0.1, -0.05) is 0 Å². The molecule has 1 aliphatic heterocycles. The highest BCUT2D eigenvalue weighted by atomic mass is 19.4. The van der Waals surface area contributed by atoms with Gasteiger partial charge in [-0.2, -0.15) is 13.2 Å². The minimum atomic E-state index is -4.64. The van der Waals surface area contributed by atoms with Crippen molar-refractivity contribution in [3.05, 3.63) is 35.1 Å². The van der Waals surface area contributed by atoms with E-state index in [0.29, 0.717) is 18.2 Å². The molecule has 116 valence electrons. The van der Waals surface area contributed by atoms with Gasteiger partial charge in [0.2, 0.25) is 0 Å². The van der Waals surface area contributed by atoms with Crippen LogP contribution in [-0.4, -0.2) is 34.3 Å². The summed E-state index contributed by atoms with van der Waals surface area (Å²) in [6, 6.07) is 1.86. The number of carbonyl (C=O) groups is 1. The van der Waals surface area contributed by atoms with E-state index in [2.05, 4.69) is 0 Å². The van der Waals surface area contributed by atoms with Gasteiger partial charge in [0.25, 0.3) is 0 Å². The number of rotatable bonds is 1. The molecule has 2 N–H and O–H groups in total. The van der Waals surface area contributed by atoms with Crippen molar-refractivity contribution in [3.8, 4) is 0 Å². The Labute approximate surface area is 117 Å². The van der Waals surface area contributed by atoms with Crippen LogP contribution in [0.2, 0.25) is 0 Å². The van der Waals surface area contributed by atoms with Crippen molar-refractivity contribution in [3.63, 3.8) is 0 Å². The molecule has 0 bridgehead atoms. The third-order valence-electron chi connectivity index (χ3n) is 3.66. The van der Waals surface area contributed by atoms with Gasteiger partial charge in [-0.05, 0) is 31.0 Å². The van der Waals surface area contributed by atoms with Crippen molar-refractivity contribution in [2.45, 2.75) is 24.6 Å². The summed E-state index contributed by atoms with van der Waals surface area (Å²) in [5.74, 6) is -0.936. The zero-order valence-electron chi connectivity index (χ0n) is 10.8. The first kappa shape index (κ1) is 15.6. The van der Waals surface area contributed by atoms with Crippen LogP contribution >= 0.6 is 0 Å². The number of benzene rings is 1. The molecule has 0 atom stereocenters. The van der Waals surface area contributed by atoms with Crippen molar-refractivity contribution in [2.24, 2.45) is 0 Å². The summed E-state index contributed by atoms with van der Waals surface area (Å²) >= 11 is 0. The molecule has 0 aliphatic carbocycles. The Bertz CT molecular complexity index is 551. The number of hydrogen-bond acceptors (Lipinski definition) is 2. The number of hydrogen-bond donors (Lipinski definition) is 2. The lowest BCUT2D eigenvalue weighted by Gasteiger charge is -2.37. The molecule has 1 heterocycles. The Morgan fingerprint density at radius 2 is 1.81 bits per heavy atom. The smallest absolute Gasteiger partial charge is 0.416 e. The molecule has 0 unspecified atom stereocenters. The van der Waals surface area contributed by atoms with Crippen molar-refractivity contribution in [1.29, 1.82) is 0 Å². The van der Waals surface area contributed by atoms with E-state index in [0.717, 1.165) is 4.90 Å². The summed E-state index contributed by atoms with van der Waals surface area (Å²) < 4.78 is 51.8. The fourth-order valence-corrected chi connectivity index (χ4v) is 2.40. The van der Waals surface area contributed by atoms with Gasteiger partial charge in [-0.3, -0.25) is 0 Å². The van der Waals surface area contributed by atoms with Crippen LogP contribution in [0.4, 0.5) is 22.4 Å². The van der Waals surface area contributed by atoms with Crippen LogP contribution in [0.1, 0.15) is 24.0 Å². The second kappa shape index (κ2) is 5.18. The van der Waals surface area contributed by atoms with Gasteiger partial charge in [0.05, 0.1) is 11.2 Å². The summed E-state index contributed by atoms with van der Waals surface area (Å²) in [4.78, 5) is 11.8. The Morgan fingerprint density at radius 3 is 2.29 bits per heavy atom. The largest absolute Gasteiger partial charge is 0.465 e. The molecular formula is C13H13F4NO3. The maximum Gasteiger partial charge on any atom is 0.416 e. The molecule has 8 heteroatoms. The second-order valence-electron chi connectivity index (χ2n) is 4.99. The average Bonchev–Trinajstić information content (AvgIpc) is 2.38. The molecule has 4 nitrogen and oxygen atoms in total. The van der Waals surface area contributed by atoms with Crippen molar-refractivity contribution < 1.29 is 32.6 Å². The number of aliphatic hydroxyl groups is 1. The number of likely N-dealkylation sites (tertiary alicyclic amines) is 1. The van der Waals surface area contributed by atoms with E-state index in [4.69, 9.17) is 5.11 Å². The van der Waals surface area contributed by atoms with Gasteiger partial charge >= 0.3 is 12.3 Å². The van der Waals surface area contributed by atoms with Gasteiger partial charge in [0.15, 0.2) is 0 Å². The Hall–Kier alpha value is -1.83. The van der Waals surface area contributed by atoms with E-state index in [1.165, 1.54) is 0 Å². The molecule has 1 fully saturated rings. The zero-order chi connectivity index (χ0) is 15.8. The molecule has 0 saturated carbocycles. The van der Waals surface area contributed by atoms with Gasteiger partial charge in [0.1, 0.15) is 5.82 Å². The van der Waals surface area contributed by atoms with E-state index in [9.17, 15) is 27.5 Å². The second-order valence-corrected chi connectivity index (χ2v) is 4.99. The first-order chi connectivity index (χ1) is 9.63. The minimum Gasteiger partial charge on any atom is -0.465 e. The lowest BCUT2D eigenvalue weighted by atomic mass is 9.83. The normalized spacial score (nSPS) is 18.6. The third-order valence-corrected chi connectivity index (χ3v) is 3.66. The molecule has 0 aromatic heterocycles. The fourth-order valence-electron chi connectivity index (χ4n) is 2.40. The minimum absolute atomic E-state index is 0.0679. The predicted molar refractivity (Wildman–Crippen MR) is 64.1 cm³/mol. The van der Waals surface area contributed by atoms with Crippen molar-refractivity contribution in [1.82, 2.24) is 4.90 Å². The number of amides is 1. The summed E-state index contributed by atoms with van der Waals surface area (Å²) in [7, 11) is 0. The van der Waals surface area contributed by atoms with E-state index in [-0.39, 0.29) is 25.9 Å². The summed E-state index contributed by atoms with van der Waals surface area (Å²) in [5, 5.41) is 19.2. The Balaban J connectivity index is 2.31. The van der Waals surface area contributed by atoms with Gasteiger partial charge in [-0.15, -0.1) is 0 Å². The van der Waals surface area contributed by atoms with Crippen molar-refractivity contribution in [2.75, 3.05) is 13.1 Å². The van der Waals surface area contributed by atoms with Crippen LogP contribution in [0, 0.1) is 5.82 Å². The van der Waals surface area contributed by atoms with E-state index < -0.39 is 34.8 Å². The van der Waals surface area contributed by atoms with Gasteiger partial charge in [0, 0.05) is 18.7 Å². The molecule has 1 amide bonds. The quantitative estimate of drug-likeness (QED) is 0.784. The van der Waals surface area contributed by atoms with E-state index in [1.54, 1.807) is 0 Å². The van der Waals surface area contributed by atoms with Gasteiger partial charge < -0.3 is 15.1 Å². The summed E-state index contributed by atoms with van der Waals surface area (Å²) in [5.41, 5.74) is -3.28. The molecular weight excluding hydrogens is 294 g/mol. The summed E-state index contributed by atoms with van der Waals surface area (Å²) in [6.07, 6.45) is -6.13. The fraction of sp³-hybridized carbons (Fsp3) is 0.462. The predicted octanol–water partition coefficient (Wildman–Crippen LogP) is 2.81. The number of nitrogens with zero attached hydrogens (tertiary/aromatic N) is 1. The Kier molecular flexibility index (Phi) is 3.83. The molecule has 0 radical (unpaired) electrons. The highest BCUT2D eigenvalue weighted by Crippen LogP contribution is 2.38. The Morgan fingerprint density at radius 1 is 1.24 bits per heavy atom. The van der Waals surface area contributed by atoms with Gasteiger partial charge in [-0.25, -0.2) is 9.18 Å². The zero-order valence-corrected chi connectivity index (χ0v) is 10.8. The number of halogens is 4. The van der Waals surface area contributed by atoms with Crippen molar-refractivity contribution >= 4 is 6.09 Å². The van der Waals surface area contributed by atoms with Crippen LogP contribution in [0.3, 0.4) is 0 Å². The maximum absolute atomic E-state index is 13.8. The van der Waals surface area contributed by atoms with Crippen LogP contribution in [0.5, 0.6) is 0 Å². The van der Waals surface area contributed by atoms with Crippen LogP contribution < -0.4 is 0 Å². The first-order valence-corrected chi connectivity index (χ1v) is 6.21. The SMILES string of the molecule is O=C(O)N1CCC(O)(c2cc(C(F)(F)F)ccc2F)CC1. The van der Waals surface area contributed by atoms with E-state index >= 15 is 0 Å². The molecule has 1 aromatic rings. The molecule has 1 aromatic carbocycles. The summed E-state index contributed by atoms with van der Waals surface area (Å²) in [6.45, 7) is -0.136. The molecule has 0 spiro atoms. The maximum atomic E-state index is 13.8. The molecule has 2 rings (SSSR count). The highest BCUT2D eigenvalue weighted by molar-refractivity contribution is 5.65. The average molecular weight is 307 g/mol. The van der Waals surface area contributed by atoms with E-state index in [1.807, 2.05) is 0 Å². The molecule has 1 saturated heterocycles. The number of piperidine rings is 1. The molecule has 1 aliphatic rings. The lowest BCUT2D eigenvalue weighted by molar-refractivity contribution is -0.137. The van der Waals surface area contributed by atoms with Crippen LogP contribution in [-0.2, 0) is 11.8 Å². The highest BCUT2D eigenvalue weighted by Gasteiger charge is 2.39. The van der Waals surface area contributed by atoms with Crippen LogP contribution in [0.25, 0.3) is 0 Å². The third kappa shape index (κ3) is 3.10. The number of carboxylic acid groups (broad SMARTS) is 1.